The predicted octanol–water partition coefficient (Wildman–Crippen LogP) is -12.4. The van der Waals surface area contributed by atoms with Crippen LogP contribution in [0.15, 0.2) is 0 Å². The maximum Gasteiger partial charge on any atom is 4.00 e. The van der Waals surface area contributed by atoms with Crippen LogP contribution < -0.4 is 54.7 Å². The summed E-state index contributed by atoms with van der Waals surface area (Å²) in [6, 6.07) is 0. The number of carbonyl (C=O) groups is 1. The average Bonchev–Trinajstić information content (AvgIpc) is 1.61. The van der Waals surface area contributed by atoms with Crippen molar-refractivity contribution in [2.45, 2.75) is 26.2 Å². The molecule has 0 spiro atoms. The topological polar surface area (TPSA) is 40.1 Å². The van der Waals surface area contributed by atoms with Crippen LogP contribution in [0.2, 0.25) is 0 Å². The molecule has 0 saturated carbocycles. The van der Waals surface area contributed by atoms with Crippen molar-refractivity contribution in [2.75, 3.05) is 0 Å². The van der Waals surface area contributed by atoms with E-state index in [0.717, 1.165) is 12.8 Å². The van der Waals surface area contributed by atoms with Crippen molar-refractivity contribution >= 4 is 29.9 Å². The number of carboxylic acid groups (broad SMARTS) is 1. The molecule has 0 aromatic heterocycles. The molecule has 0 aromatic carbocycles. The van der Waals surface area contributed by atoms with Crippen LogP contribution >= 0.6 is 0 Å². The summed E-state index contributed by atoms with van der Waals surface area (Å²) in [5.41, 5.74) is 0. The summed E-state index contributed by atoms with van der Waals surface area (Å²) >= 11 is 0. The van der Waals surface area contributed by atoms with Crippen molar-refractivity contribution in [3.63, 3.8) is 0 Å². The average molecular weight is 362 g/mol. The molecule has 0 aliphatic rings. The van der Waals surface area contributed by atoms with Gasteiger partial charge in [0.2, 0.25) is 0 Å². The molecule has 0 saturated heterocycles. The van der Waals surface area contributed by atoms with Gasteiger partial charge in [0.15, 0.2) is 0 Å². The monoisotopic (exact) mass is 361 g/mol. The first-order chi connectivity index (χ1) is 3.27. The van der Waals surface area contributed by atoms with Crippen LogP contribution in [0.1, 0.15) is 26.2 Å². The Bertz CT molecular complexity index is 74.5. The van der Waals surface area contributed by atoms with Gasteiger partial charge in [0.25, 0.3) is 0 Å². The Kier molecular flexibility index (Phi) is 92.1. The molecule has 0 amide bonds. The fourth-order valence-electron chi connectivity index (χ4n) is 0.321. The molecule has 74 valence electrons. The zero-order valence-corrected chi connectivity index (χ0v) is 12.3. The SMILES string of the molecule is CCCCC(=O)[O-].[Cl-].[Cl-].[Cl-].[Cl-].[Sn+4]. The molecule has 0 unspecified atom stereocenters. The van der Waals surface area contributed by atoms with Crippen LogP contribution in [-0.4, -0.2) is 29.9 Å². The van der Waals surface area contributed by atoms with Gasteiger partial charge < -0.3 is 59.5 Å². The van der Waals surface area contributed by atoms with E-state index in [1.54, 1.807) is 0 Å². The van der Waals surface area contributed by atoms with Crippen molar-refractivity contribution in [3.8, 4) is 0 Å². The van der Waals surface area contributed by atoms with Crippen molar-refractivity contribution in [2.24, 2.45) is 0 Å². The van der Waals surface area contributed by atoms with E-state index in [1.165, 1.54) is 0 Å². The molecule has 0 aromatic rings. The first kappa shape index (κ1) is 37.6. The second-order valence-corrected chi connectivity index (χ2v) is 1.48. The maximum atomic E-state index is 9.65. The molecule has 0 rings (SSSR count). The Morgan fingerprint density at radius 3 is 1.58 bits per heavy atom. The van der Waals surface area contributed by atoms with E-state index in [1.807, 2.05) is 6.92 Å². The van der Waals surface area contributed by atoms with Crippen LogP contribution in [0.25, 0.3) is 0 Å². The molecular weight excluding hydrogens is 353 g/mol. The van der Waals surface area contributed by atoms with E-state index in [0.29, 0.717) is 0 Å². The van der Waals surface area contributed by atoms with E-state index in [2.05, 4.69) is 0 Å². The molecule has 2 nitrogen and oxygen atoms in total. The van der Waals surface area contributed by atoms with E-state index >= 15 is 0 Å². The number of halogens is 4. The molecule has 7 heteroatoms. The first-order valence-electron chi connectivity index (χ1n) is 2.47. The molecule has 0 radical (unpaired) electrons. The van der Waals surface area contributed by atoms with Gasteiger partial charge >= 0.3 is 23.9 Å². The molecule has 12 heavy (non-hydrogen) atoms. The summed E-state index contributed by atoms with van der Waals surface area (Å²) in [5.74, 6) is -0.943. The number of unbranched alkanes of at least 4 members (excludes halogenated alkanes) is 1. The number of carboxylic acids is 1. The second-order valence-electron chi connectivity index (χ2n) is 1.48. The Morgan fingerprint density at radius 2 is 1.50 bits per heavy atom. The zero-order chi connectivity index (χ0) is 5.70. The smallest absolute Gasteiger partial charge is 1.00 e. The first-order valence-corrected chi connectivity index (χ1v) is 2.47. The summed E-state index contributed by atoms with van der Waals surface area (Å²) in [4.78, 5) is 9.65. The Balaban J connectivity index is -0.0000000180. The fraction of sp³-hybridized carbons (Fsp3) is 0.800. The van der Waals surface area contributed by atoms with Crippen LogP contribution in [0.4, 0.5) is 0 Å². The molecule has 0 N–H and O–H groups in total. The Labute approximate surface area is 115 Å². The summed E-state index contributed by atoms with van der Waals surface area (Å²) in [5, 5.41) is 9.65. The van der Waals surface area contributed by atoms with Crippen molar-refractivity contribution in [3.05, 3.63) is 0 Å². The summed E-state index contributed by atoms with van der Waals surface area (Å²) in [7, 11) is 0. The van der Waals surface area contributed by atoms with Gasteiger partial charge in [0.1, 0.15) is 0 Å². The third-order valence-corrected chi connectivity index (χ3v) is 0.734. The Morgan fingerprint density at radius 1 is 1.17 bits per heavy atom. The van der Waals surface area contributed by atoms with Crippen LogP contribution in [0, 0.1) is 0 Å². The van der Waals surface area contributed by atoms with E-state index in [-0.39, 0.29) is 80.0 Å². The minimum absolute atomic E-state index is 0. The quantitative estimate of drug-likeness (QED) is 0.469. The number of hydrogen-bond acceptors (Lipinski definition) is 2. The summed E-state index contributed by atoms with van der Waals surface area (Å²) in [6.07, 6.45) is 1.87. The standard InChI is InChI=1S/C5H10O2.4ClH.Sn/c1-2-3-4-5(6)7;;;;;/h2-4H2,1H3,(H,6,7);4*1H;/q;;;;;+4/p-5. The van der Waals surface area contributed by atoms with Gasteiger partial charge in [-0.1, -0.05) is 13.3 Å². The molecule has 0 aliphatic heterocycles. The van der Waals surface area contributed by atoms with Gasteiger partial charge in [-0.15, -0.1) is 0 Å². The molecule has 0 fully saturated rings. The van der Waals surface area contributed by atoms with E-state index in [4.69, 9.17) is 0 Å². The second kappa shape index (κ2) is 29.4. The van der Waals surface area contributed by atoms with Crippen molar-refractivity contribution in [1.29, 1.82) is 0 Å². The Hall–Kier alpha value is 1.43. The van der Waals surface area contributed by atoms with Crippen LogP contribution in [-0.2, 0) is 4.79 Å². The third-order valence-electron chi connectivity index (χ3n) is 0.734. The summed E-state index contributed by atoms with van der Waals surface area (Å²) in [6.45, 7) is 1.95. The normalized spacial score (nSPS) is 5.08. The van der Waals surface area contributed by atoms with Gasteiger partial charge in [-0.3, -0.25) is 0 Å². The zero-order valence-electron chi connectivity index (χ0n) is 6.45. The number of hydrogen-bond donors (Lipinski definition) is 0. The number of rotatable bonds is 3. The predicted molar refractivity (Wildman–Crippen MR) is 30.3 cm³/mol. The molecule has 0 aliphatic carbocycles. The minimum atomic E-state index is -0.943. The molecule has 0 heterocycles. The minimum Gasteiger partial charge on any atom is -1.00 e. The van der Waals surface area contributed by atoms with E-state index < -0.39 is 5.97 Å². The van der Waals surface area contributed by atoms with Crippen LogP contribution in [0.3, 0.4) is 0 Å². The molecule has 0 atom stereocenters. The van der Waals surface area contributed by atoms with Crippen LogP contribution in [0.5, 0.6) is 0 Å². The van der Waals surface area contributed by atoms with Gasteiger partial charge in [0.05, 0.1) is 0 Å². The maximum absolute atomic E-state index is 9.65. The van der Waals surface area contributed by atoms with Crippen molar-refractivity contribution in [1.82, 2.24) is 0 Å². The largest absolute Gasteiger partial charge is 4.00 e. The third kappa shape index (κ3) is 42.2. The summed E-state index contributed by atoms with van der Waals surface area (Å²) < 4.78 is 0. The number of carbonyl (C=O) groups excluding carboxylic acids is 1. The van der Waals surface area contributed by atoms with Gasteiger partial charge in [0, 0.05) is 5.97 Å². The van der Waals surface area contributed by atoms with Gasteiger partial charge in [-0.2, -0.15) is 0 Å². The molecular formula is C5H9Cl4O2Sn-. The fourth-order valence-corrected chi connectivity index (χ4v) is 0.321. The number of aliphatic carboxylic acids is 1. The van der Waals surface area contributed by atoms with Gasteiger partial charge in [-0.25, -0.2) is 0 Å². The van der Waals surface area contributed by atoms with Gasteiger partial charge in [-0.05, 0) is 12.8 Å². The van der Waals surface area contributed by atoms with E-state index in [9.17, 15) is 9.90 Å². The van der Waals surface area contributed by atoms with Crippen molar-refractivity contribution < 1.29 is 59.5 Å². The molecule has 0 bridgehead atoms.